The molecule has 1 aromatic heterocycles. The van der Waals surface area contributed by atoms with Crippen molar-refractivity contribution in [1.82, 2.24) is 9.88 Å². The van der Waals surface area contributed by atoms with Gasteiger partial charge in [0.1, 0.15) is 5.82 Å². The summed E-state index contributed by atoms with van der Waals surface area (Å²) in [5.41, 5.74) is 7.82. The van der Waals surface area contributed by atoms with Crippen LogP contribution < -0.4 is 10.6 Å². The number of likely N-dealkylation sites (N-methyl/N-ethyl adjacent to an activating group) is 1. The van der Waals surface area contributed by atoms with Crippen LogP contribution in [0.1, 0.15) is 12.5 Å². The Labute approximate surface area is 103 Å². The van der Waals surface area contributed by atoms with Crippen LogP contribution in [0.15, 0.2) is 12.3 Å². The summed E-state index contributed by atoms with van der Waals surface area (Å²) in [7, 11) is 4.28. The summed E-state index contributed by atoms with van der Waals surface area (Å²) in [5.74, 6) is 1.67. The molecule has 4 heteroatoms. The van der Waals surface area contributed by atoms with Crippen LogP contribution in [0, 0.1) is 12.8 Å². The minimum Gasteiger partial charge on any atom is -0.398 e. The molecule has 0 aliphatic carbocycles. The molecule has 2 unspecified atom stereocenters. The molecule has 0 amide bonds. The number of hydrogen-bond acceptors (Lipinski definition) is 4. The second kappa shape index (κ2) is 4.53. The lowest BCUT2D eigenvalue weighted by atomic mass is 10.1. The van der Waals surface area contributed by atoms with Crippen LogP contribution in [0.2, 0.25) is 0 Å². The summed E-state index contributed by atoms with van der Waals surface area (Å²) in [5, 5.41) is 0. The second-order valence-corrected chi connectivity index (χ2v) is 5.31. The first-order valence-corrected chi connectivity index (χ1v) is 6.12. The van der Waals surface area contributed by atoms with Crippen molar-refractivity contribution < 1.29 is 0 Å². The Morgan fingerprint density at radius 1 is 1.41 bits per heavy atom. The van der Waals surface area contributed by atoms with Crippen molar-refractivity contribution in [3.63, 3.8) is 0 Å². The van der Waals surface area contributed by atoms with Crippen molar-refractivity contribution in [2.24, 2.45) is 5.92 Å². The van der Waals surface area contributed by atoms with E-state index in [-0.39, 0.29) is 0 Å². The molecule has 0 bridgehead atoms. The number of aryl methyl sites for hydroxylation is 1. The zero-order valence-electron chi connectivity index (χ0n) is 11.1. The number of rotatable bonds is 2. The first kappa shape index (κ1) is 12.2. The minimum absolute atomic E-state index is 0.597. The van der Waals surface area contributed by atoms with Gasteiger partial charge in [0.2, 0.25) is 0 Å². The van der Waals surface area contributed by atoms with Crippen molar-refractivity contribution in [2.75, 3.05) is 37.8 Å². The molecule has 1 aromatic rings. The lowest BCUT2D eigenvalue weighted by Gasteiger charge is -2.22. The highest BCUT2D eigenvalue weighted by Crippen LogP contribution is 2.26. The fraction of sp³-hybridized carbons (Fsp3) is 0.615. The Bertz CT molecular complexity index is 402. The van der Waals surface area contributed by atoms with Gasteiger partial charge in [-0.05, 0) is 32.5 Å². The summed E-state index contributed by atoms with van der Waals surface area (Å²) in [6.45, 7) is 6.37. The van der Waals surface area contributed by atoms with Crippen LogP contribution in [0.4, 0.5) is 11.5 Å². The van der Waals surface area contributed by atoms with Crippen LogP contribution in [0.25, 0.3) is 0 Å². The van der Waals surface area contributed by atoms with Crippen LogP contribution in [0.3, 0.4) is 0 Å². The Morgan fingerprint density at radius 3 is 2.65 bits per heavy atom. The molecule has 0 spiro atoms. The van der Waals surface area contributed by atoms with Crippen molar-refractivity contribution in [3.8, 4) is 0 Å². The molecule has 2 N–H and O–H groups in total. The number of nitrogens with zero attached hydrogens (tertiary/aromatic N) is 3. The van der Waals surface area contributed by atoms with Crippen molar-refractivity contribution in [1.29, 1.82) is 0 Å². The average molecular weight is 234 g/mol. The fourth-order valence-electron chi connectivity index (χ4n) is 2.51. The van der Waals surface area contributed by atoms with E-state index in [2.05, 4.69) is 35.8 Å². The number of nitrogen functional groups attached to an aromatic ring is 1. The quantitative estimate of drug-likeness (QED) is 0.839. The van der Waals surface area contributed by atoms with E-state index in [9.17, 15) is 0 Å². The molecule has 0 aromatic carbocycles. The van der Waals surface area contributed by atoms with E-state index in [4.69, 9.17) is 5.73 Å². The molecule has 2 rings (SSSR count). The molecule has 94 valence electrons. The molecule has 4 nitrogen and oxygen atoms in total. The van der Waals surface area contributed by atoms with Crippen LogP contribution in [0.5, 0.6) is 0 Å². The topological polar surface area (TPSA) is 45.4 Å². The summed E-state index contributed by atoms with van der Waals surface area (Å²) in [6, 6.07) is 2.58. The number of nitrogens with two attached hydrogens (primary N) is 1. The second-order valence-electron chi connectivity index (χ2n) is 5.31. The molecule has 1 fully saturated rings. The lowest BCUT2D eigenvalue weighted by Crippen LogP contribution is -2.34. The number of aromatic nitrogens is 1. The van der Waals surface area contributed by atoms with Crippen molar-refractivity contribution in [2.45, 2.75) is 19.9 Å². The van der Waals surface area contributed by atoms with Gasteiger partial charge < -0.3 is 15.5 Å². The number of hydrogen-bond donors (Lipinski definition) is 1. The molecule has 1 aliphatic heterocycles. The Hall–Kier alpha value is -1.29. The third-order valence-electron chi connectivity index (χ3n) is 3.69. The van der Waals surface area contributed by atoms with E-state index in [1.165, 1.54) is 0 Å². The standard InChI is InChI=1S/C13H22N4/c1-9-6-15-13(5-11(9)14)17-7-10(2)12(8-17)16(3)4/h5-6,10,12H,7-8H2,1-4H3,(H2,14,15). The molecular weight excluding hydrogens is 212 g/mol. The Balaban J connectivity index is 2.17. The van der Waals surface area contributed by atoms with Gasteiger partial charge in [-0.3, -0.25) is 0 Å². The average Bonchev–Trinajstić information content (AvgIpc) is 2.64. The zero-order valence-corrected chi connectivity index (χ0v) is 11.1. The van der Waals surface area contributed by atoms with Crippen LogP contribution in [-0.4, -0.2) is 43.1 Å². The van der Waals surface area contributed by atoms with Crippen LogP contribution >= 0.6 is 0 Å². The van der Waals surface area contributed by atoms with E-state index in [1.54, 1.807) is 0 Å². The largest absolute Gasteiger partial charge is 0.398 e. The van der Waals surface area contributed by atoms with E-state index in [1.807, 2.05) is 19.2 Å². The highest BCUT2D eigenvalue weighted by molar-refractivity contribution is 5.55. The highest BCUT2D eigenvalue weighted by atomic mass is 15.3. The fourth-order valence-corrected chi connectivity index (χ4v) is 2.51. The summed E-state index contributed by atoms with van der Waals surface area (Å²) >= 11 is 0. The summed E-state index contributed by atoms with van der Waals surface area (Å²) < 4.78 is 0. The molecule has 0 saturated carbocycles. The molecule has 2 atom stereocenters. The SMILES string of the molecule is Cc1cnc(N2CC(C)C(N(C)C)C2)cc1N. The Morgan fingerprint density at radius 2 is 2.12 bits per heavy atom. The predicted molar refractivity (Wildman–Crippen MR) is 72.2 cm³/mol. The Kier molecular flexibility index (Phi) is 3.24. The van der Waals surface area contributed by atoms with Gasteiger partial charge in [0.25, 0.3) is 0 Å². The van der Waals surface area contributed by atoms with Gasteiger partial charge in [0.05, 0.1) is 0 Å². The molecular formula is C13H22N4. The maximum atomic E-state index is 5.94. The lowest BCUT2D eigenvalue weighted by molar-refractivity contribution is 0.266. The van der Waals surface area contributed by atoms with E-state index in [0.717, 1.165) is 30.2 Å². The molecule has 17 heavy (non-hydrogen) atoms. The number of pyridine rings is 1. The zero-order chi connectivity index (χ0) is 12.6. The van der Waals surface area contributed by atoms with Gasteiger partial charge in [0, 0.05) is 37.1 Å². The van der Waals surface area contributed by atoms with Gasteiger partial charge in [0.15, 0.2) is 0 Å². The molecule has 0 radical (unpaired) electrons. The van der Waals surface area contributed by atoms with Crippen molar-refractivity contribution in [3.05, 3.63) is 17.8 Å². The van der Waals surface area contributed by atoms with Gasteiger partial charge in [-0.1, -0.05) is 6.92 Å². The smallest absolute Gasteiger partial charge is 0.130 e. The van der Waals surface area contributed by atoms with Gasteiger partial charge >= 0.3 is 0 Å². The monoisotopic (exact) mass is 234 g/mol. The predicted octanol–water partition coefficient (Wildman–Crippen LogP) is 1.36. The van der Waals surface area contributed by atoms with Crippen LogP contribution in [-0.2, 0) is 0 Å². The molecule has 1 aliphatic rings. The van der Waals surface area contributed by atoms with Gasteiger partial charge in [-0.25, -0.2) is 4.98 Å². The van der Waals surface area contributed by atoms with Gasteiger partial charge in [-0.2, -0.15) is 0 Å². The van der Waals surface area contributed by atoms with Gasteiger partial charge in [-0.15, -0.1) is 0 Å². The first-order valence-electron chi connectivity index (χ1n) is 6.12. The summed E-state index contributed by atoms with van der Waals surface area (Å²) in [4.78, 5) is 9.10. The molecule has 1 saturated heterocycles. The first-order chi connectivity index (χ1) is 7.99. The molecule has 2 heterocycles. The summed E-state index contributed by atoms with van der Waals surface area (Å²) in [6.07, 6.45) is 1.86. The van der Waals surface area contributed by atoms with E-state index in [0.29, 0.717) is 12.0 Å². The third-order valence-corrected chi connectivity index (χ3v) is 3.69. The maximum Gasteiger partial charge on any atom is 0.130 e. The maximum absolute atomic E-state index is 5.94. The van der Waals surface area contributed by atoms with E-state index >= 15 is 0 Å². The van der Waals surface area contributed by atoms with Crippen molar-refractivity contribution >= 4 is 11.5 Å². The number of anilines is 2. The third kappa shape index (κ3) is 2.36. The van der Waals surface area contributed by atoms with E-state index < -0.39 is 0 Å². The highest BCUT2D eigenvalue weighted by Gasteiger charge is 2.31. The minimum atomic E-state index is 0.597. The normalized spacial score (nSPS) is 24.6.